The van der Waals surface area contributed by atoms with Crippen LogP contribution >= 0.6 is 0 Å². The fourth-order valence-corrected chi connectivity index (χ4v) is 9.40. The summed E-state index contributed by atoms with van der Waals surface area (Å²) in [7, 11) is 0. The van der Waals surface area contributed by atoms with Gasteiger partial charge in [0.25, 0.3) is 0 Å². The van der Waals surface area contributed by atoms with Crippen LogP contribution < -0.4 is 4.90 Å². The summed E-state index contributed by atoms with van der Waals surface area (Å²) in [5.41, 5.74) is 14.3. The summed E-state index contributed by atoms with van der Waals surface area (Å²) in [6.07, 6.45) is 10.1. The number of nitrogens with zero attached hydrogens (tertiary/aromatic N) is 1. The molecule has 2 aliphatic carbocycles. The Morgan fingerprint density at radius 2 is 1.02 bits per heavy atom. The average Bonchev–Trinajstić information content (AvgIpc) is 3.69. The summed E-state index contributed by atoms with van der Waals surface area (Å²) < 4.78 is 6.96. The second-order valence-electron chi connectivity index (χ2n) is 15.6. The first kappa shape index (κ1) is 34.1. The van der Waals surface area contributed by atoms with E-state index in [4.69, 9.17) is 4.42 Å². The molecule has 276 valence electrons. The third-order valence-electron chi connectivity index (χ3n) is 12.3. The topological polar surface area (TPSA) is 16.4 Å². The molecule has 2 nitrogen and oxygen atoms in total. The van der Waals surface area contributed by atoms with Crippen LogP contribution in [0, 0.1) is 5.92 Å². The van der Waals surface area contributed by atoms with Gasteiger partial charge >= 0.3 is 0 Å². The van der Waals surface area contributed by atoms with Crippen LogP contribution in [0.4, 0.5) is 17.1 Å². The molecular weight excluding hydrogens is 703 g/mol. The molecule has 0 amide bonds. The van der Waals surface area contributed by atoms with Crippen molar-refractivity contribution in [2.45, 2.75) is 18.3 Å². The molecule has 0 bridgehead atoms. The molecule has 3 atom stereocenters. The van der Waals surface area contributed by atoms with Crippen LogP contribution in [0.15, 0.2) is 223 Å². The first-order valence-electron chi connectivity index (χ1n) is 20.3. The van der Waals surface area contributed by atoms with E-state index < -0.39 is 0 Å². The highest BCUT2D eigenvalue weighted by Gasteiger charge is 2.39. The first-order chi connectivity index (χ1) is 28.7. The van der Waals surface area contributed by atoms with E-state index in [-0.39, 0.29) is 5.92 Å². The molecule has 0 N–H and O–H groups in total. The van der Waals surface area contributed by atoms with Crippen LogP contribution in [-0.4, -0.2) is 0 Å². The molecule has 1 aromatic heterocycles. The molecule has 0 spiro atoms. The second-order valence-corrected chi connectivity index (χ2v) is 15.6. The third kappa shape index (κ3) is 6.06. The number of benzene rings is 8. The molecular formula is C56H41NO. The summed E-state index contributed by atoms with van der Waals surface area (Å²) >= 11 is 0. The molecule has 0 radical (unpaired) electrons. The van der Waals surface area contributed by atoms with Crippen LogP contribution in [0.5, 0.6) is 0 Å². The SMILES string of the molecule is C1=CC2c3oc4c(-c5ccc6ccccc6c5)cccc4c3CC(c3ccc(N(c4ccccc4)c4ccc(-c5ccc(-c6ccccc6)cc5)cc4)cc3)C2C=C1. The molecule has 58 heavy (non-hydrogen) atoms. The van der Waals surface area contributed by atoms with Gasteiger partial charge < -0.3 is 9.32 Å². The van der Waals surface area contributed by atoms with Gasteiger partial charge in [0.1, 0.15) is 11.3 Å². The van der Waals surface area contributed by atoms with Gasteiger partial charge in [-0.15, -0.1) is 0 Å². The Balaban J connectivity index is 0.915. The van der Waals surface area contributed by atoms with E-state index in [9.17, 15) is 0 Å². The number of fused-ring (bicyclic) bond motifs is 6. The van der Waals surface area contributed by atoms with Crippen molar-refractivity contribution in [2.75, 3.05) is 4.90 Å². The van der Waals surface area contributed by atoms with E-state index in [0.717, 1.165) is 40.4 Å². The standard InChI is InChI=1S/C56H41NO/c1-3-12-38(13-4-1)40-22-24-41(25-23-40)42-28-32-47(33-29-42)57(46-16-5-2-6-17-46)48-34-30-43(31-35-48)53-37-54-52-21-11-20-49(45-27-26-39-14-7-8-15-44(39)36-45)55(52)58-56(54)51-19-10-9-18-50(51)53/h1-36,50-51,53H,37H2. The van der Waals surface area contributed by atoms with Crippen LogP contribution in [0.25, 0.3) is 55.1 Å². The van der Waals surface area contributed by atoms with Crippen molar-refractivity contribution in [3.05, 3.63) is 235 Å². The smallest absolute Gasteiger partial charge is 0.142 e. The maximum absolute atomic E-state index is 6.96. The zero-order valence-electron chi connectivity index (χ0n) is 32.1. The van der Waals surface area contributed by atoms with Gasteiger partial charge in [0, 0.05) is 39.5 Å². The van der Waals surface area contributed by atoms with Crippen molar-refractivity contribution < 1.29 is 4.42 Å². The van der Waals surface area contributed by atoms with E-state index in [1.54, 1.807) is 0 Å². The Bertz CT molecular complexity index is 2960. The van der Waals surface area contributed by atoms with Crippen LogP contribution in [0.2, 0.25) is 0 Å². The molecule has 2 aliphatic rings. The van der Waals surface area contributed by atoms with Crippen LogP contribution in [0.1, 0.15) is 28.7 Å². The highest BCUT2D eigenvalue weighted by Crippen LogP contribution is 2.51. The zero-order valence-corrected chi connectivity index (χ0v) is 32.1. The minimum Gasteiger partial charge on any atom is -0.459 e. The number of allylic oxidation sites excluding steroid dienone is 4. The van der Waals surface area contributed by atoms with Crippen LogP contribution in [-0.2, 0) is 6.42 Å². The highest BCUT2D eigenvalue weighted by atomic mass is 16.3. The molecule has 0 saturated carbocycles. The Morgan fingerprint density at radius 3 is 1.74 bits per heavy atom. The maximum Gasteiger partial charge on any atom is 0.142 e. The molecule has 0 saturated heterocycles. The first-order valence-corrected chi connectivity index (χ1v) is 20.3. The van der Waals surface area contributed by atoms with Crippen molar-refractivity contribution in [3.8, 4) is 33.4 Å². The van der Waals surface area contributed by atoms with Gasteiger partial charge in [0.05, 0.1) is 0 Å². The van der Waals surface area contributed by atoms with Gasteiger partial charge in [-0.25, -0.2) is 0 Å². The summed E-state index contributed by atoms with van der Waals surface area (Å²) in [6.45, 7) is 0. The Morgan fingerprint density at radius 1 is 0.448 bits per heavy atom. The van der Waals surface area contributed by atoms with E-state index in [1.807, 2.05) is 0 Å². The number of rotatable bonds is 7. The van der Waals surface area contributed by atoms with E-state index in [2.05, 4.69) is 223 Å². The molecule has 2 heteroatoms. The van der Waals surface area contributed by atoms with Crippen molar-refractivity contribution in [1.82, 2.24) is 0 Å². The molecule has 3 unspecified atom stereocenters. The Kier molecular flexibility index (Phi) is 8.47. The van der Waals surface area contributed by atoms with Crippen molar-refractivity contribution in [3.63, 3.8) is 0 Å². The largest absolute Gasteiger partial charge is 0.459 e. The normalized spacial score (nSPS) is 16.9. The number of furan rings is 1. The number of anilines is 3. The van der Waals surface area contributed by atoms with Crippen LogP contribution in [0.3, 0.4) is 0 Å². The average molecular weight is 744 g/mol. The lowest BCUT2D eigenvalue weighted by atomic mass is 9.67. The second kappa shape index (κ2) is 14.4. The molecule has 9 aromatic rings. The lowest BCUT2D eigenvalue weighted by Crippen LogP contribution is -2.26. The minimum atomic E-state index is 0.184. The number of para-hydroxylation sites is 2. The van der Waals surface area contributed by atoms with Crippen molar-refractivity contribution in [2.24, 2.45) is 5.92 Å². The van der Waals surface area contributed by atoms with Gasteiger partial charge in [0.15, 0.2) is 0 Å². The lowest BCUT2D eigenvalue weighted by Gasteiger charge is -2.36. The fourth-order valence-electron chi connectivity index (χ4n) is 9.40. The predicted molar refractivity (Wildman–Crippen MR) is 242 cm³/mol. The lowest BCUT2D eigenvalue weighted by molar-refractivity contribution is 0.374. The van der Waals surface area contributed by atoms with E-state index in [1.165, 1.54) is 55.1 Å². The van der Waals surface area contributed by atoms with Gasteiger partial charge in [0.2, 0.25) is 0 Å². The van der Waals surface area contributed by atoms with Gasteiger partial charge in [-0.3, -0.25) is 0 Å². The molecule has 11 rings (SSSR count). The molecule has 0 aliphatic heterocycles. The van der Waals surface area contributed by atoms with E-state index >= 15 is 0 Å². The fraction of sp³-hybridized carbons (Fsp3) is 0.0714. The van der Waals surface area contributed by atoms with Crippen molar-refractivity contribution in [1.29, 1.82) is 0 Å². The summed E-state index contributed by atoms with van der Waals surface area (Å²) in [4.78, 5) is 2.36. The predicted octanol–water partition coefficient (Wildman–Crippen LogP) is 15.2. The Labute approximate surface area is 339 Å². The van der Waals surface area contributed by atoms with E-state index in [0.29, 0.717) is 11.8 Å². The summed E-state index contributed by atoms with van der Waals surface area (Å²) in [5, 5.41) is 3.72. The van der Waals surface area contributed by atoms with Gasteiger partial charge in [-0.05, 0) is 105 Å². The number of hydrogen-bond acceptors (Lipinski definition) is 2. The zero-order chi connectivity index (χ0) is 38.4. The monoisotopic (exact) mass is 743 g/mol. The van der Waals surface area contributed by atoms with Crippen molar-refractivity contribution >= 4 is 38.8 Å². The highest BCUT2D eigenvalue weighted by molar-refractivity contribution is 5.98. The number of hydrogen-bond donors (Lipinski definition) is 0. The summed E-state index contributed by atoms with van der Waals surface area (Å²) in [6, 6.07) is 70.3. The molecule has 0 fully saturated rings. The van der Waals surface area contributed by atoms with Gasteiger partial charge in [-0.1, -0.05) is 176 Å². The molecule has 1 heterocycles. The third-order valence-corrected chi connectivity index (χ3v) is 12.3. The summed E-state index contributed by atoms with van der Waals surface area (Å²) in [5.74, 6) is 1.93. The van der Waals surface area contributed by atoms with Gasteiger partial charge in [-0.2, -0.15) is 0 Å². The minimum absolute atomic E-state index is 0.184. The maximum atomic E-state index is 6.96. The quantitative estimate of drug-likeness (QED) is 0.162. The Hall–Kier alpha value is -7.16. The molecule has 8 aromatic carbocycles.